The summed E-state index contributed by atoms with van der Waals surface area (Å²) in [7, 11) is 0. The van der Waals surface area contributed by atoms with Crippen LogP contribution < -0.4 is 15.5 Å². The minimum Gasteiger partial charge on any atom is -0.357 e. The average molecular weight is 502 g/mol. The first-order valence-corrected chi connectivity index (χ1v) is 10.8. The lowest BCUT2D eigenvalue weighted by atomic mass is 10.2. The van der Waals surface area contributed by atoms with Crippen LogP contribution in [0.3, 0.4) is 0 Å². The maximum absolute atomic E-state index is 12.5. The van der Waals surface area contributed by atoms with Crippen LogP contribution in [0, 0.1) is 0 Å². The van der Waals surface area contributed by atoms with Crippen LogP contribution in [0.4, 0.5) is 5.69 Å². The van der Waals surface area contributed by atoms with Crippen molar-refractivity contribution in [2.75, 3.05) is 36.8 Å². The molecule has 0 radical (unpaired) electrons. The largest absolute Gasteiger partial charge is 0.357 e. The number of hydrogen-bond donors (Lipinski definition) is 2. The molecule has 2 aliphatic rings. The molecule has 2 N–H and O–H groups in total. The Bertz CT molecular complexity index is 634. The highest BCUT2D eigenvalue weighted by Crippen LogP contribution is 2.28. The fourth-order valence-corrected chi connectivity index (χ4v) is 4.68. The summed E-state index contributed by atoms with van der Waals surface area (Å²) in [5, 5.41) is 7.33. The molecule has 0 saturated carbocycles. The Labute approximate surface area is 184 Å². The first kappa shape index (κ1) is 22.3. The van der Waals surface area contributed by atoms with Crippen LogP contribution in [-0.2, 0) is 11.2 Å². The summed E-state index contributed by atoms with van der Waals surface area (Å²) < 4.78 is 0. The maximum Gasteiger partial charge on any atom is 0.227 e. The molecule has 1 aromatic rings. The number of fused-ring (bicyclic) bond motifs is 1. The minimum absolute atomic E-state index is 0. The molecule has 3 rings (SSSR count). The summed E-state index contributed by atoms with van der Waals surface area (Å²) in [6, 6.07) is 8.22. The second-order valence-corrected chi connectivity index (χ2v) is 8.22. The second-order valence-electron chi connectivity index (χ2n) is 6.81. The van der Waals surface area contributed by atoms with E-state index in [4.69, 9.17) is 4.99 Å². The first-order valence-electron chi connectivity index (χ1n) is 9.80. The van der Waals surface area contributed by atoms with Gasteiger partial charge in [0.1, 0.15) is 0 Å². The third-order valence-electron chi connectivity index (χ3n) is 4.87. The van der Waals surface area contributed by atoms with E-state index < -0.39 is 0 Å². The lowest BCUT2D eigenvalue weighted by molar-refractivity contribution is -0.118. The van der Waals surface area contributed by atoms with Gasteiger partial charge in [0, 0.05) is 37.0 Å². The zero-order valence-electron chi connectivity index (χ0n) is 16.1. The van der Waals surface area contributed by atoms with Crippen LogP contribution in [-0.4, -0.2) is 49.0 Å². The number of guanidine groups is 1. The average Bonchev–Trinajstić information content (AvgIpc) is 3.32. The summed E-state index contributed by atoms with van der Waals surface area (Å²) in [6.07, 6.45) is 4.95. The summed E-state index contributed by atoms with van der Waals surface area (Å²) in [5.41, 5.74) is 2.37. The predicted molar refractivity (Wildman–Crippen MR) is 127 cm³/mol. The summed E-state index contributed by atoms with van der Waals surface area (Å²) >= 11 is 2.03. The van der Waals surface area contributed by atoms with Gasteiger partial charge >= 0.3 is 0 Å². The number of para-hydroxylation sites is 1. The van der Waals surface area contributed by atoms with E-state index in [9.17, 15) is 4.79 Å². The molecule has 2 aliphatic heterocycles. The lowest BCUT2D eigenvalue weighted by Gasteiger charge is -2.17. The smallest absolute Gasteiger partial charge is 0.227 e. The van der Waals surface area contributed by atoms with E-state index in [1.165, 1.54) is 24.2 Å². The second kappa shape index (κ2) is 11.8. The molecule has 0 aliphatic carbocycles. The highest BCUT2D eigenvalue weighted by atomic mass is 127. The molecule has 5 nitrogen and oxygen atoms in total. The number of thioether (sulfide) groups is 1. The van der Waals surface area contributed by atoms with E-state index >= 15 is 0 Å². The molecule has 1 fully saturated rings. The van der Waals surface area contributed by atoms with Gasteiger partial charge < -0.3 is 15.5 Å². The summed E-state index contributed by atoms with van der Waals surface area (Å²) in [6.45, 7) is 5.39. The van der Waals surface area contributed by atoms with Crippen LogP contribution >= 0.6 is 35.7 Å². The maximum atomic E-state index is 12.5. The van der Waals surface area contributed by atoms with E-state index in [-0.39, 0.29) is 29.9 Å². The molecular weight excluding hydrogens is 471 g/mol. The topological polar surface area (TPSA) is 56.7 Å². The summed E-state index contributed by atoms with van der Waals surface area (Å²) in [4.78, 5) is 19.2. The van der Waals surface area contributed by atoms with E-state index in [0.717, 1.165) is 50.7 Å². The van der Waals surface area contributed by atoms with Crippen molar-refractivity contribution >= 4 is 53.3 Å². The monoisotopic (exact) mass is 502 g/mol. The zero-order chi connectivity index (χ0) is 18.2. The zero-order valence-corrected chi connectivity index (χ0v) is 19.2. The molecule has 0 spiro atoms. The molecule has 1 unspecified atom stereocenters. The Balaban J connectivity index is 0.00000261. The van der Waals surface area contributed by atoms with E-state index in [0.29, 0.717) is 11.7 Å². The van der Waals surface area contributed by atoms with Gasteiger partial charge in [-0.05, 0) is 50.0 Å². The quantitative estimate of drug-likeness (QED) is 0.260. The third-order valence-corrected chi connectivity index (χ3v) is 6.25. The molecule has 2 heterocycles. The van der Waals surface area contributed by atoms with Crippen LogP contribution in [0.1, 0.15) is 38.2 Å². The van der Waals surface area contributed by atoms with Crippen LogP contribution in [0.25, 0.3) is 0 Å². The number of halogens is 1. The van der Waals surface area contributed by atoms with Gasteiger partial charge in [0.25, 0.3) is 0 Å². The van der Waals surface area contributed by atoms with Gasteiger partial charge in [-0.25, -0.2) is 0 Å². The fourth-order valence-electron chi connectivity index (χ4n) is 3.50. The molecule has 1 saturated heterocycles. The Hall–Kier alpha value is -0.960. The fraction of sp³-hybridized carbons (Fsp3) is 0.600. The van der Waals surface area contributed by atoms with E-state index in [1.54, 1.807) is 0 Å². The molecule has 7 heteroatoms. The molecule has 0 bridgehead atoms. The number of rotatable bonds is 7. The number of benzene rings is 1. The van der Waals surface area contributed by atoms with Crippen molar-refractivity contribution in [1.29, 1.82) is 0 Å². The van der Waals surface area contributed by atoms with Crippen molar-refractivity contribution in [3.05, 3.63) is 29.8 Å². The lowest BCUT2D eigenvalue weighted by Crippen LogP contribution is -2.38. The molecule has 1 aromatic carbocycles. The molecular formula is C20H31IN4OS. The van der Waals surface area contributed by atoms with Crippen LogP contribution in [0.15, 0.2) is 29.3 Å². The molecule has 0 aromatic heterocycles. The van der Waals surface area contributed by atoms with Crippen molar-refractivity contribution < 1.29 is 4.79 Å². The molecule has 27 heavy (non-hydrogen) atoms. The van der Waals surface area contributed by atoms with Crippen LogP contribution in [0.5, 0.6) is 0 Å². The van der Waals surface area contributed by atoms with Gasteiger partial charge in [0.05, 0.1) is 6.54 Å². The number of anilines is 1. The van der Waals surface area contributed by atoms with Gasteiger partial charge in [-0.3, -0.25) is 9.79 Å². The Kier molecular flexibility index (Phi) is 9.75. The van der Waals surface area contributed by atoms with Crippen molar-refractivity contribution in [3.8, 4) is 0 Å². The highest BCUT2D eigenvalue weighted by Gasteiger charge is 2.23. The number of aliphatic imine (C=N–C) groups is 1. The van der Waals surface area contributed by atoms with Crippen molar-refractivity contribution in [3.63, 3.8) is 0 Å². The van der Waals surface area contributed by atoms with Crippen molar-refractivity contribution in [2.24, 2.45) is 4.99 Å². The van der Waals surface area contributed by atoms with Gasteiger partial charge in [-0.1, -0.05) is 18.2 Å². The number of nitrogens with one attached hydrogen (secondary N) is 2. The van der Waals surface area contributed by atoms with Crippen molar-refractivity contribution in [2.45, 2.75) is 44.3 Å². The van der Waals surface area contributed by atoms with Gasteiger partial charge in [-0.15, -0.1) is 24.0 Å². The number of carbonyl (C=O) groups excluding carboxylic acids is 1. The normalized spacial score (nSPS) is 18.8. The Morgan fingerprint density at radius 2 is 2.19 bits per heavy atom. The summed E-state index contributed by atoms with van der Waals surface area (Å²) in [5.74, 6) is 2.37. The van der Waals surface area contributed by atoms with Crippen molar-refractivity contribution in [1.82, 2.24) is 10.6 Å². The SMILES string of the molecule is CCNC(=NCC1CCCS1)NCCCC(=O)N1CCc2ccccc21.I. The Morgan fingerprint density at radius 1 is 1.33 bits per heavy atom. The molecule has 150 valence electrons. The molecule has 1 amide bonds. The number of nitrogens with zero attached hydrogens (tertiary/aromatic N) is 2. The van der Waals surface area contributed by atoms with Gasteiger partial charge in [0.2, 0.25) is 5.91 Å². The van der Waals surface area contributed by atoms with E-state index in [1.807, 2.05) is 28.8 Å². The third kappa shape index (κ3) is 6.55. The number of amides is 1. The standard InChI is InChI=1S/C20H30N4OS.HI/c1-2-21-20(23-15-17-8-6-14-26-17)22-12-5-10-19(25)24-13-11-16-7-3-4-9-18(16)24;/h3-4,7,9,17H,2,5-6,8,10-15H2,1H3,(H2,21,22,23);1H. The number of hydrogen-bond acceptors (Lipinski definition) is 3. The van der Waals surface area contributed by atoms with Gasteiger partial charge in [0.15, 0.2) is 5.96 Å². The van der Waals surface area contributed by atoms with E-state index in [2.05, 4.69) is 29.7 Å². The Morgan fingerprint density at radius 3 is 2.96 bits per heavy atom. The van der Waals surface area contributed by atoms with Crippen LogP contribution in [0.2, 0.25) is 0 Å². The number of carbonyl (C=O) groups is 1. The first-order chi connectivity index (χ1) is 12.8. The molecule has 1 atom stereocenters. The predicted octanol–water partition coefficient (Wildman–Crippen LogP) is 3.42. The van der Waals surface area contributed by atoms with Gasteiger partial charge in [-0.2, -0.15) is 11.8 Å². The minimum atomic E-state index is 0. The highest BCUT2D eigenvalue weighted by molar-refractivity contribution is 14.0.